The second kappa shape index (κ2) is 9.14. The number of ketones is 1. The number of anilines is 1. The van der Waals surface area contributed by atoms with Crippen LogP contribution in [0.3, 0.4) is 0 Å². The number of nitrogens with one attached hydrogen (secondary N) is 1. The summed E-state index contributed by atoms with van der Waals surface area (Å²) in [5.74, 6) is -2.07. The number of esters is 1. The summed E-state index contributed by atoms with van der Waals surface area (Å²) in [5, 5.41) is 2.60. The number of ether oxygens (including phenoxy) is 1. The smallest absolute Gasteiger partial charge is 0.338 e. The molecule has 1 aliphatic heterocycles. The fourth-order valence-electron chi connectivity index (χ4n) is 3.43. The van der Waals surface area contributed by atoms with Gasteiger partial charge < -0.3 is 14.5 Å². The highest BCUT2D eigenvalue weighted by atomic mass is 16.5. The summed E-state index contributed by atoms with van der Waals surface area (Å²) in [6.45, 7) is 2.82. The summed E-state index contributed by atoms with van der Waals surface area (Å²) in [6, 6.07) is 13.6. The maximum atomic E-state index is 12.7. The number of benzene rings is 2. The van der Waals surface area contributed by atoms with Crippen molar-refractivity contribution < 1.29 is 33.1 Å². The van der Waals surface area contributed by atoms with E-state index >= 15 is 0 Å². The average Bonchev–Trinajstić information content (AvgIpc) is 3.42. The van der Waals surface area contributed by atoms with Gasteiger partial charge in [0.2, 0.25) is 0 Å². The number of amides is 3. The first-order valence-corrected chi connectivity index (χ1v) is 10.4. The summed E-state index contributed by atoms with van der Waals surface area (Å²) in [4.78, 5) is 62.7. The largest absolute Gasteiger partial charge is 0.467 e. The zero-order chi connectivity index (χ0) is 24.4. The Morgan fingerprint density at radius 3 is 2.29 bits per heavy atom. The minimum absolute atomic E-state index is 0.0241. The lowest BCUT2D eigenvalue weighted by Gasteiger charge is -2.14. The number of Topliss-reactive ketones (excluding diaryl/α,β-unsaturated/α-hetero) is 1. The van der Waals surface area contributed by atoms with Crippen LogP contribution in [0.1, 0.15) is 61.0 Å². The lowest BCUT2D eigenvalue weighted by molar-refractivity contribution is -0.123. The van der Waals surface area contributed by atoms with E-state index in [4.69, 9.17) is 9.15 Å². The predicted octanol–water partition coefficient (Wildman–Crippen LogP) is 3.46. The van der Waals surface area contributed by atoms with Crippen molar-refractivity contribution in [1.29, 1.82) is 0 Å². The van der Waals surface area contributed by atoms with Gasteiger partial charge in [0.25, 0.3) is 17.7 Å². The van der Waals surface area contributed by atoms with E-state index in [0.29, 0.717) is 17.0 Å². The fourth-order valence-corrected chi connectivity index (χ4v) is 3.43. The summed E-state index contributed by atoms with van der Waals surface area (Å²) in [7, 11) is 0. The van der Waals surface area contributed by atoms with Gasteiger partial charge in [-0.1, -0.05) is 0 Å². The number of fused-ring (bicyclic) bond motifs is 1. The molecule has 0 unspecified atom stereocenters. The third-order valence-corrected chi connectivity index (χ3v) is 5.31. The van der Waals surface area contributed by atoms with E-state index in [1.807, 2.05) is 0 Å². The van der Waals surface area contributed by atoms with E-state index in [1.54, 1.807) is 36.4 Å². The maximum absolute atomic E-state index is 12.7. The van der Waals surface area contributed by atoms with Crippen LogP contribution in [0.5, 0.6) is 0 Å². The van der Waals surface area contributed by atoms with Crippen LogP contribution in [-0.4, -0.2) is 40.5 Å². The highest BCUT2D eigenvalue weighted by molar-refractivity contribution is 6.21. The van der Waals surface area contributed by atoms with Crippen molar-refractivity contribution in [1.82, 2.24) is 4.90 Å². The summed E-state index contributed by atoms with van der Waals surface area (Å²) >= 11 is 0. The SMILES string of the molecule is CC(=O)c1ccc(NC(=O)[C@@H](C)OC(=O)c2ccc3c(c2)C(=O)N(Cc2ccco2)C3=O)cc1. The number of carbonyl (C=O) groups is 5. The van der Waals surface area contributed by atoms with Crippen molar-refractivity contribution in [2.24, 2.45) is 0 Å². The van der Waals surface area contributed by atoms with Crippen molar-refractivity contribution in [3.8, 4) is 0 Å². The van der Waals surface area contributed by atoms with Gasteiger partial charge >= 0.3 is 5.97 Å². The molecule has 3 aromatic rings. The molecule has 9 heteroatoms. The Bertz CT molecular complexity index is 1290. The van der Waals surface area contributed by atoms with Crippen LogP contribution >= 0.6 is 0 Å². The van der Waals surface area contributed by atoms with Crippen LogP contribution in [0.2, 0.25) is 0 Å². The van der Waals surface area contributed by atoms with Crippen LogP contribution in [0.15, 0.2) is 65.3 Å². The Hall–Kier alpha value is -4.53. The van der Waals surface area contributed by atoms with Crippen molar-refractivity contribution in [3.05, 3.63) is 88.9 Å². The maximum Gasteiger partial charge on any atom is 0.338 e. The number of furan rings is 1. The minimum atomic E-state index is -1.14. The van der Waals surface area contributed by atoms with Crippen LogP contribution in [-0.2, 0) is 16.1 Å². The number of nitrogens with zero attached hydrogens (tertiary/aromatic N) is 1. The monoisotopic (exact) mass is 460 g/mol. The number of imide groups is 1. The summed E-state index contributed by atoms with van der Waals surface area (Å²) in [5.41, 5.74) is 1.23. The molecule has 1 N–H and O–H groups in total. The molecule has 9 nitrogen and oxygen atoms in total. The Morgan fingerprint density at radius 2 is 1.65 bits per heavy atom. The first-order valence-electron chi connectivity index (χ1n) is 10.4. The normalized spacial score (nSPS) is 13.4. The predicted molar refractivity (Wildman–Crippen MR) is 119 cm³/mol. The Balaban J connectivity index is 1.41. The Labute approximate surface area is 194 Å². The molecule has 1 aromatic heterocycles. The molecule has 1 atom stereocenters. The number of hydrogen-bond acceptors (Lipinski definition) is 7. The Morgan fingerprint density at radius 1 is 0.971 bits per heavy atom. The molecule has 0 fully saturated rings. The number of carbonyl (C=O) groups excluding carboxylic acids is 5. The quantitative estimate of drug-likeness (QED) is 0.325. The molecule has 0 bridgehead atoms. The van der Waals surface area contributed by atoms with Gasteiger partial charge in [-0.3, -0.25) is 24.1 Å². The van der Waals surface area contributed by atoms with E-state index in [-0.39, 0.29) is 29.0 Å². The molecule has 3 amide bonds. The van der Waals surface area contributed by atoms with Gasteiger partial charge in [-0.2, -0.15) is 0 Å². The Kier molecular flexibility index (Phi) is 6.09. The third-order valence-electron chi connectivity index (χ3n) is 5.31. The molecule has 172 valence electrons. The van der Waals surface area contributed by atoms with Gasteiger partial charge in [0.1, 0.15) is 5.76 Å². The highest BCUT2D eigenvalue weighted by Crippen LogP contribution is 2.26. The molecule has 0 spiro atoms. The lowest BCUT2D eigenvalue weighted by atomic mass is 10.1. The van der Waals surface area contributed by atoms with Gasteiger partial charge in [-0.25, -0.2) is 4.79 Å². The summed E-state index contributed by atoms with van der Waals surface area (Å²) < 4.78 is 10.4. The molecular formula is C25H20N2O7. The van der Waals surface area contributed by atoms with E-state index < -0.39 is 29.8 Å². The molecule has 2 heterocycles. The minimum Gasteiger partial charge on any atom is -0.467 e. The van der Waals surface area contributed by atoms with Gasteiger partial charge in [0.05, 0.1) is 29.5 Å². The number of rotatable bonds is 7. The second-order valence-electron chi connectivity index (χ2n) is 7.71. The molecular weight excluding hydrogens is 440 g/mol. The standard InChI is InChI=1S/C25H20N2O7/c1-14(28)16-5-8-18(9-6-16)26-22(29)15(2)34-25(32)17-7-10-20-21(12-17)24(31)27(23(20)30)13-19-4-3-11-33-19/h3-12,15H,13H2,1-2H3,(H,26,29)/t15-/m1/s1. The first-order chi connectivity index (χ1) is 16.2. The third kappa shape index (κ3) is 4.49. The first kappa shape index (κ1) is 22.7. The van der Waals surface area contributed by atoms with E-state index in [9.17, 15) is 24.0 Å². The van der Waals surface area contributed by atoms with Crippen LogP contribution in [0.4, 0.5) is 5.69 Å². The molecule has 4 rings (SSSR count). The topological polar surface area (TPSA) is 123 Å². The van der Waals surface area contributed by atoms with Crippen LogP contribution in [0, 0.1) is 0 Å². The number of hydrogen-bond donors (Lipinski definition) is 1. The lowest BCUT2D eigenvalue weighted by Crippen LogP contribution is -2.30. The molecule has 2 aromatic carbocycles. The van der Waals surface area contributed by atoms with Gasteiger partial charge in [-0.05, 0) is 68.4 Å². The van der Waals surface area contributed by atoms with Crippen molar-refractivity contribution in [3.63, 3.8) is 0 Å². The van der Waals surface area contributed by atoms with E-state index in [2.05, 4.69) is 5.32 Å². The highest BCUT2D eigenvalue weighted by Gasteiger charge is 2.36. The molecule has 0 saturated heterocycles. The van der Waals surface area contributed by atoms with Gasteiger partial charge in [0.15, 0.2) is 11.9 Å². The molecule has 0 aliphatic carbocycles. The molecule has 34 heavy (non-hydrogen) atoms. The van der Waals surface area contributed by atoms with Crippen molar-refractivity contribution in [2.45, 2.75) is 26.5 Å². The van der Waals surface area contributed by atoms with E-state index in [0.717, 1.165) is 4.90 Å². The summed E-state index contributed by atoms with van der Waals surface area (Å²) in [6.07, 6.45) is 0.307. The molecule has 0 saturated carbocycles. The van der Waals surface area contributed by atoms with Crippen molar-refractivity contribution in [2.75, 3.05) is 5.32 Å². The van der Waals surface area contributed by atoms with Gasteiger partial charge in [-0.15, -0.1) is 0 Å². The van der Waals surface area contributed by atoms with E-state index in [1.165, 1.54) is 38.3 Å². The molecule has 0 radical (unpaired) electrons. The zero-order valence-corrected chi connectivity index (χ0v) is 18.4. The second-order valence-corrected chi connectivity index (χ2v) is 7.71. The van der Waals surface area contributed by atoms with Crippen LogP contribution < -0.4 is 5.32 Å². The van der Waals surface area contributed by atoms with Crippen LogP contribution in [0.25, 0.3) is 0 Å². The molecule has 1 aliphatic rings. The fraction of sp³-hybridized carbons (Fsp3) is 0.160. The van der Waals surface area contributed by atoms with Gasteiger partial charge in [0, 0.05) is 11.3 Å². The van der Waals surface area contributed by atoms with Crippen molar-refractivity contribution >= 4 is 35.2 Å². The average molecular weight is 460 g/mol. The zero-order valence-electron chi connectivity index (χ0n) is 18.4.